The summed E-state index contributed by atoms with van der Waals surface area (Å²) in [6.07, 6.45) is 8.64. The van der Waals surface area contributed by atoms with Crippen molar-refractivity contribution in [3.05, 3.63) is 60.2 Å². The van der Waals surface area contributed by atoms with Crippen LogP contribution in [0.2, 0.25) is 0 Å². The van der Waals surface area contributed by atoms with Gasteiger partial charge >= 0.3 is 5.97 Å². The molecule has 3 N–H and O–H groups in total. The Labute approximate surface area is 240 Å². The molecule has 6 rings (SSSR count). The lowest BCUT2D eigenvalue weighted by atomic mass is 9.42. The minimum atomic E-state index is -0.840. The average molecular weight is 545 g/mol. The van der Waals surface area contributed by atoms with Gasteiger partial charge in [0.25, 0.3) is 0 Å². The summed E-state index contributed by atoms with van der Waals surface area (Å²) in [7, 11) is 0. The van der Waals surface area contributed by atoms with Crippen molar-refractivity contribution in [2.45, 2.75) is 96.7 Å². The molecule has 40 heavy (non-hydrogen) atoms. The van der Waals surface area contributed by atoms with E-state index in [0.717, 1.165) is 56.9 Å². The molecule has 4 fully saturated rings. The third kappa shape index (κ3) is 4.54. The highest BCUT2D eigenvalue weighted by molar-refractivity contribution is 5.66. The molecule has 4 aliphatic carbocycles. The Morgan fingerprint density at radius 1 is 0.900 bits per heavy atom. The van der Waals surface area contributed by atoms with E-state index >= 15 is 0 Å². The van der Waals surface area contributed by atoms with E-state index in [0.29, 0.717) is 35.5 Å². The molecule has 4 saturated carbocycles. The third-order valence-corrected chi connectivity index (χ3v) is 12.8. The number of carboxylic acid groups (broad SMARTS) is 1. The van der Waals surface area contributed by atoms with Gasteiger partial charge in [-0.2, -0.15) is 0 Å². The van der Waals surface area contributed by atoms with Gasteiger partial charge < -0.3 is 15.3 Å². The average Bonchev–Trinajstić information content (AvgIpc) is 3.30. The van der Waals surface area contributed by atoms with E-state index < -0.39 is 11.6 Å². The Bertz CT molecular complexity index is 1210. The zero-order valence-electron chi connectivity index (χ0n) is 24.6. The molecule has 0 unspecified atom stereocenters. The van der Waals surface area contributed by atoms with E-state index in [4.69, 9.17) is 0 Å². The summed E-state index contributed by atoms with van der Waals surface area (Å²) in [6, 6.07) is 18.9. The van der Waals surface area contributed by atoms with E-state index in [1.165, 1.54) is 17.5 Å². The Morgan fingerprint density at radius 2 is 1.57 bits per heavy atom. The van der Waals surface area contributed by atoms with Gasteiger partial charge in [-0.15, -0.1) is 0 Å². The van der Waals surface area contributed by atoms with Gasteiger partial charge in [0.1, 0.15) is 0 Å². The summed E-state index contributed by atoms with van der Waals surface area (Å²) in [5, 5.41) is 33.0. The van der Waals surface area contributed by atoms with E-state index in [2.05, 4.69) is 69.3 Å². The summed E-state index contributed by atoms with van der Waals surface area (Å²) in [5.74, 6) is 1.91. The number of carboxylic acids is 1. The number of aliphatic hydroxyl groups is 2. The minimum absolute atomic E-state index is 0.147. The number of benzene rings is 2. The number of hydrogen-bond acceptors (Lipinski definition) is 3. The van der Waals surface area contributed by atoms with Crippen LogP contribution in [0.25, 0.3) is 11.1 Å². The monoisotopic (exact) mass is 544 g/mol. The number of rotatable bonds is 6. The Kier molecular flexibility index (Phi) is 7.19. The van der Waals surface area contributed by atoms with Crippen LogP contribution < -0.4 is 0 Å². The molecule has 216 valence electrons. The predicted molar refractivity (Wildman–Crippen MR) is 158 cm³/mol. The van der Waals surface area contributed by atoms with Gasteiger partial charge in [0, 0.05) is 6.42 Å². The lowest BCUT2D eigenvalue weighted by Gasteiger charge is -2.63. The molecule has 0 aliphatic heterocycles. The summed E-state index contributed by atoms with van der Waals surface area (Å²) in [4.78, 5) is 11.2. The smallest absolute Gasteiger partial charge is 0.303 e. The number of aliphatic carboxylic acids is 1. The van der Waals surface area contributed by atoms with Crippen LogP contribution in [-0.4, -0.2) is 27.4 Å². The van der Waals surface area contributed by atoms with Crippen molar-refractivity contribution in [3.8, 4) is 11.1 Å². The predicted octanol–water partition coefficient (Wildman–Crippen LogP) is 7.67. The van der Waals surface area contributed by atoms with Crippen LogP contribution in [0.3, 0.4) is 0 Å². The Morgan fingerprint density at radius 3 is 2.27 bits per heavy atom. The first kappa shape index (κ1) is 28.0. The van der Waals surface area contributed by atoms with Gasteiger partial charge in [0.05, 0.1) is 11.7 Å². The summed E-state index contributed by atoms with van der Waals surface area (Å²) < 4.78 is 0. The zero-order chi connectivity index (χ0) is 28.3. The maximum atomic E-state index is 12.0. The van der Waals surface area contributed by atoms with Crippen LogP contribution in [0, 0.1) is 46.3 Å². The fraction of sp³-hybridized carbons (Fsp3) is 0.639. The molecule has 0 bridgehead atoms. The second kappa shape index (κ2) is 10.3. The molecule has 0 heterocycles. The lowest BCUT2D eigenvalue weighted by Crippen LogP contribution is -2.59. The highest BCUT2D eigenvalue weighted by Crippen LogP contribution is 2.69. The SMILES string of the molecule is C[C@H](CCC(=O)O)[C@H]1CC[C@H]2[C@@H]3[C@H](O)C[C@@H]4C[C@](O)(c5ccc(-c6ccccc6)cc5)CC[C@]4(C)[C@H]3CC[C@]12C. The van der Waals surface area contributed by atoms with E-state index in [9.17, 15) is 20.1 Å². The Hall–Kier alpha value is -2.17. The summed E-state index contributed by atoms with van der Waals surface area (Å²) in [5.41, 5.74) is 2.87. The second-order valence-corrected chi connectivity index (χ2v) is 14.6. The van der Waals surface area contributed by atoms with Gasteiger partial charge in [-0.3, -0.25) is 4.79 Å². The van der Waals surface area contributed by atoms with Crippen molar-refractivity contribution in [1.29, 1.82) is 0 Å². The molecule has 10 atom stereocenters. The van der Waals surface area contributed by atoms with Crippen molar-refractivity contribution >= 4 is 5.97 Å². The number of fused-ring (bicyclic) bond motifs is 5. The molecule has 0 spiro atoms. The van der Waals surface area contributed by atoms with E-state index in [1.807, 2.05) is 6.07 Å². The standard InChI is InChI=1S/C36H48O4/c1-23(9-16-32(38)39)28-14-15-29-33-30(17-18-35(28,29)3)34(2)19-20-36(40,22-27(34)21-31(33)37)26-12-10-25(11-13-26)24-7-5-4-6-8-24/h4-8,10-13,23,27-31,33,37,40H,9,14-22H2,1-3H3,(H,38,39)/t23-,27-,28-,29+,30+,31-,33+,34+,35-,36+/m1/s1. The van der Waals surface area contributed by atoms with Crippen molar-refractivity contribution in [3.63, 3.8) is 0 Å². The molecule has 4 heteroatoms. The van der Waals surface area contributed by atoms with Crippen LogP contribution in [0.4, 0.5) is 0 Å². The molecule has 4 nitrogen and oxygen atoms in total. The molecular weight excluding hydrogens is 496 g/mol. The third-order valence-electron chi connectivity index (χ3n) is 12.8. The van der Waals surface area contributed by atoms with Crippen molar-refractivity contribution in [1.82, 2.24) is 0 Å². The maximum Gasteiger partial charge on any atom is 0.303 e. The van der Waals surface area contributed by atoms with Crippen LogP contribution in [-0.2, 0) is 10.4 Å². The first-order valence-electron chi connectivity index (χ1n) is 15.8. The highest BCUT2D eigenvalue weighted by Gasteiger charge is 2.63. The normalized spacial score (nSPS) is 41.4. The summed E-state index contributed by atoms with van der Waals surface area (Å²) in [6.45, 7) is 7.20. The number of aliphatic hydroxyl groups excluding tert-OH is 1. The molecule has 2 aromatic rings. The molecule has 0 amide bonds. The van der Waals surface area contributed by atoms with E-state index in [1.54, 1.807) is 0 Å². The van der Waals surface area contributed by atoms with Gasteiger partial charge in [-0.05, 0) is 121 Å². The summed E-state index contributed by atoms with van der Waals surface area (Å²) >= 11 is 0. The Balaban J connectivity index is 1.19. The molecule has 4 aliphatic rings. The molecular formula is C36H48O4. The quantitative estimate of drug-likeness (QED) is 0.349. The molecule has 0 aromatic heterocycles. The fourth-order valence-corrected chi connectivity index (χ4v) is 10.6. The number of hydrogen-bond donors (Lipinski definition) is 3. The largest absolute Gasteiger partial charge is 0.481 e. The number of carbonyl (C=O) groups is 1. The molecule has 0 saturated heterocycles. The van der Waals surface area contributed by atoms with Crippen LogP contribution in [0.15, 0.2) is 54.6 Å². The van der Waals surface area contributed by atoms with Gasteiger partial charge in [-0.1, -0.05) is 75.4 Å². The van der Waals surface area contributed by atoms with Crippen molar-refractivity contribution in [2.75, 3.05) is 0 Å². The van der Waals surface area contributed by atoms with E-state index in [-0.39, 0.29) is 23.4 Å². The van der Waals surface area contributed by atoms with Crippen LogP contribution in [0.5, 0.6) is 0 Å². The van der Waals surface area contributed by atoms with Crippen LogP contribution >= 0.6 is 0 Å². The topological polar surface area (TPSA) is 77.8 Å². The highest BCUT2D eigenvalue weighted by atomic mass is 16.4. The van der Waals surface area contributed by atoms with Gasteiger partial charge in [-0.25, -0.2) is 0 Å². The van der Waals surface area contributed by atoms with Gasteiger partial charge in [0.15, 0.2) is 0 Å². The van der Waals surface area contributed by atoms with Crippen molar-refractivity contribution in [2.24, 2.45) is 46.3 Å². The minimum Gasteiger partial charge on any atom is -0.481 e. The first-order valence-corrected chi connectivity index (χ1v) is 15.8. The first-order chi connectivity index (χ1) is 19.0. The fourth-order valence-electron chi connectivity index (χ4n) is 10.6. The van der Waals surface area contributed by atoms with Crippen molar-refractivity contribution < 1.29 is 20.1 Å². The maximum absolute atomic E-state index is 12.0. The lowest BCUT2D eigenvalue weighted by molar-refractivity contribution is -0.190. The molecule has 0 radical (unpaired) electrons. The zero-order valence-corrected chi connectivity index (χ0v) is 24.6. The second-order valence-electron chi connectivity index (χ2n) is 14.6. The molecule has 2 aromatic carbocycles. The van der Waals surface area contributed by atoms with Gasteiger partial charge in [0.2, 0.25) is 0 Å². The van der Waals surface area contributed by atoms with Crippen LogP contribution in [0.1, 0.15) is 90.5 Å².